The number of aromatic nitrogens is 2. The summed E-state index contributed by atoms with van der Waals surface area (Å²) in [6.45, 7) is -0.469. The van der Waals surface area contributed by atoms with Gasteiger partial charge in [-0.2, -0.15) is 9.36 Å². The molecule has 0 unspecified atom stereocenters. The SMILES string of the molecule is CO/N=C(\C(=O)N[C@@H]1C(=O)N2C(C(=O)O)=C(CO)CS[C@H]12)c1nsc(N)n1. The molecule has 0 spiro atoms. The first kappa shape index (κ1) is 19.1. The number of carbonyl (C=O) groups excluding carboxylic acids is 2. The molecule has 0 radical (unpaired) electrons. The molecule has 14 heteroatoms. The summed E-state index contributed by atoms with van der Waals surface area (Å²) in [7, 11) is 1.23. The van der Waals surface area contributed by atoms with Gasteiger partial charge in [0.25, 0.3) is 11.8 Å². The standard InChI is InChI=1S/C13H14N6O6S2/c1-25-17-5(8-16-13(14)27-18-8)9(21)15-6-10(22)19-7(12(23)24)4(2-20)3-26-11(6)19/h6,11,20H,2-3H2,1H3,(H,15,21)(H,23,24)(H2,14,16,18)/b17-5-/t6-,11-/m1/s1. The quantitative estimate of drug-likeness (QED) is 0.236. The molecule has 2 atom stereocenters. The van der Waals surface area contributed by atoms with Crippen LogP contribution < -0.4 is 11.1 Å². The number of nitrogens with one attached hydrogen (secondary N) is 1. The Morgan fingerprint density at radius 1 is 1.52 bits per heavy atom. The number of rotatable bonds is 6. The monoisotopic (exact) mass is 414 g/mol. The first-order chi connectivity index (χ1) is 12.9. The Labute approximate surface area is 160 Å². The van der Waals surface area contributed by atoms with Crippen molar-refractivity contribution in [3.8, 4) is 0 Å². The number of carbonyl (C=O) groups is 3. The van der Waals surface area contributed by atoms with Crippen LogP contribution in [0, 0.1) is 0 Å². The molecule has 2 aliphatic heterocycles. The molecule has 3 rings (SSSR count). The Balaban J connectivity index is 1.79. The Bertz CT molecular complexity index is 867. The number of nitrogens with two attached hydrogens (primary N) is 1. The highest BCUT2D eigenvalue weighted by Crippen LogP contribution is 2.40. The molecule has 2 aliphatic rings. The second-order valence-corrected chi connectivity index (χ2v) is 7.24. The smallest absolute Gasteiger partial charge is 0.352 e. The summed E-state index contributed by atoms with van der Waals surface area (Å²) >= 11 is 2.10. The zero-order valence-corrected chi connectivity index (χ0v) is 15.4. The van der Waals surface area contributed by atoms with Gasteiger partial charge in [-0.05, 0) is 5.57 Å². The van der Waals surface area contributed by atoms with Gasteiger partial charge < -0.3 is 26.1 Å². The first-order valence-electron chi connectivity index (χ1n) is 7.41. The van der Waals surface area contributed by atoms with E-state index in [0.717, 1.165) is 16.4 Å². The molecular weight excluding hydrogens is 400 g/mol. The van der Waals surface area contributed by atoms with Crippen molar-refractivity contribution in [3.63, 3.8) is 0 Å². The summed E-state index contributed by atoms with van der Waals surface area (Å²) < 4.78 is 3.88. The summed E-state index contributed by atoms with van der Waals surface area (Å²) in [5.74, 6) is -2.51. The summed E-state index contributed by atoms with van der Waals surface area (Å²) in [5.41, 5.74) is 5.23. The topological polar surface area (TPSA) is 180 Å². The Hall–Kier alpha value is -2.71. The number of anilines is 1. The summed E-state index contributed by atoms with van der Waals surface area (Å²) in [6.07, 6.45) is 0. The van der Waals surface area contributed by atoms with Gasteiger partial charge >= 0.3 is 5.97 Å². The van der Waals surface area contributed by atoms with E-state index in [1.54, 1.807) is 0 Å². The highest BCUT2D eigenvalue weighted by molar-refractivity contribution is 8.00. The van der Waals surface area contributed by atoms with Crippen molar-refractivity contribution in [2.75, 3.05) is 25.2 Å². The van der Waals surface area contributed by atoms with Gasteiger partial charge in [0.05, 0.1) is 6.61 Å². The number of oxime groups is 1. The van der Waals surface area contributed by atoms with Gasteiger partial charge in [0.1, 0.15) is 24.2 Å². The number of carboxylic acid groups (broad SMARTS) is 1. The molecule has 2 amide bonds. The Morgan fingerprint density at radius 2 is 2.26 bits per heavy atom. The maximum Gasteiger partial charge on any atom is 0.352 e. The zero-order valence-electron chi connectivity index (χ0n) is 13.8. The fraction of sp³-hybridized carbons (Fsp3) is 0.385. The number of amides is 2. The number of aliphatic hydroxyl groups is 1. The number of nitrogens with zero attached hydrogens (tertiary/aromatic N) is 4. The molecule has 0 aliphatic carbocycles. The van der Waals surface area contributed by atoms with Crippen molar-refractivity contribution in [3.05, 3.63) is 17.1 Å². The van der Waals surface area contributed by atoms with Gasteiger partial charge in [-0.3, -0.25) is 14.5 Å². The first-order valence-corrected chi connectivity index (χ1v) is 9.23. The van der Waals surface area contributed by atoms with E-state index in [0.29, 0.717) is 0 Å². The minimum Gasteiger partial charge on any atom is -0.477 e. The van der Waals surface area contributed by atoms with Crippen LogP contribution in [0.1, 0.15) is 5.82 Å². The number of hydrogen-bond donors (Lipinski definition) is 4. The largest absolute Gasteiger partial charge is 0.477 e. The van der Waals surface area contributed by atoms with Crippen LogP contribution >= 0.6 is 23.3 Å². The van der Waals surface area contributed by atoms with Gasteiger partial charge in [-0.1, -0.05) is 5.16 Å². The van der Waals surface area contributed by atoms with E-state index < -0.39 is 35.8 Å². The summed E-state index contributed by atoms with van der Waals surface area (Å²) in [4.78, 5) is 45.9. The van der Waals surface area contributed by atoms with Gasteiger partial charge in [-0.15, -0.1) is 11.8 Å². The van der Waals surface area contributed by atoms with E-state index in [1.807, 2.05) is 0 Å². The summed E-state index contributed by atoms with van der Waals surface area (Å²) in [6, 6.07) is -0.963. The van der Waals surface area contributed by atoms with Crippen LogP contribution in [0.15, 0.2) is 16.4 Å². The minimum absolute atomic E-state index is 0.0505. The number of nitrogen functional groups attached to an aromatic ring is 1. The zero-order chi connectivity index (χ0) is 19.7. The number of fused-ring (bicyclic) bond motifs is 1. The lowest BCUT2D eigenvalue weighted by Gasteiger charge is -2.49. The average Bonchev–Trinajstić information content (AvgIpc) is 3.08. The number of aliphatic carboxylic acids is 1. The molecule has 0 aromatic carbocycles. The molecule has 0 bridgehead atoms. The minimum atomic E-state index is -1.31. The molecule has 27 heavy (non-hydrogen) atoms. The number of β-lactam (4-membered cyclic amide) rings is 1. The highest BCUT2D eigenvalue weighted by Gasteiger charge is 2.54. The second kappa shape index (κ2) is 7.50. The predicted octanol–water partition coefficient (Wildman–Crippen LogP) is -1.80. The molecule has 144 valence electrons. The lowest BCUT2D eigenvalue weighted by molar-refractivity contribution is -0.150. The van der Waals surface area contributed by atoms with Crippen LogP contribution in [-0.2, 0) is 19.2 Å². The molecule has 1 saturated heterocycles. The van der Waals surface area contributed by atoms with Gasteiger partial charge in [0.15, 0.2) is 5.13 Å². The fourth-order valence-electron chi connectivity index (χ4n) is 2.62. The molecule has 1 aromatic heterocycles. The molecule has 1 fully saturated rings. The third-order valence-corrected chi connectivity index (χ3v) is 5.66. The maximum atomic E-state index is 12.5. The number of carboxylic acids is 1. The van der Waals surface area contributed by atoms with Gasteiger partial charge in [0.2, 0.25) is 11.5 Å². The average molecular weight is 414 g/mol. The predicted molar refractivity (Wildman–Crippen MR) is 94.6 cm³/mol. The number of thioether (sulfide) groups is 1. The van der Waals surface area contributed by atoms with Crippen LogP contribution in [-0.4, -0.2) is 78.9 Å². The number of aliphatic hydroxyl groups excluding tert-OH is 1. The van der Waals surface area contributed by atoms with Crippen LogP contribution in [0.4, 0.5) is 5.13 Å². The van der Waals surface area contributed by atoms with Gasteiger partial charge in [-0.25, -0.2) is 4.79 Å². The van der Waals surface area contributed by atoms with Crippen molar-refractivity contribution >= 4 is 51.9 Å². The van der Waals surface area contributed by atoms with Crippen molar-refractivity contribution in [2.24, 2.45) is 5.16 Å². The van der Waals surface area contributed by atoms with Crippen molar-refractivity contribution in [2.45, 2.75) is 11.4 Å². The molecule has 12 nitrogen and oxygen atoms in total. The third kappa shape index (κ3) is 3.33. The van der Waals surface area contributed by atoms with Crippen molar-refractivity contribution in [1.82, 2.24) is 19.6 Å². The van der Waals surface area contributed by atoms with Gasteiger partial charge in [0, 0.05) is 17.3 Å². The van der Waals surface area contributed by atoms with Crippen LogP contribution in [0.25, 0.3) is 0 Å². The molecule has 5 N–H and O–H groups in total. The molecule has 0 saturated carbocycles. The Morgan fingerprint density at radius 3 is 2.81 bits per heavy atom. The molecular formula is C13H14N6O6S2. The van der Waals surface area contributed by atoms with E-state index in [2.05, 4.69) is 24.7 Å². The molecule has 1 aromatic rings. The van der Waals surface area contributed by atoms with Crippen LogP contribution in [0.2, 0.25) is 0 Å². The van der Waals surface area contributed by atoms with Crippen LogP contribution in [0.5, 0.6) is 0 Å². The van der Waals surface area contributed by atoms with E-state index in [9.17, 15) is 24.6 Å². The second-order valence-electron chi connectivity index (χ2n) is 5.36. The van der Waals surface area contributed by atoms with Crippen LogP contribution in [0.3, 0.4) is 0 Å². The van der Waals surface area contributed by atoms with E-state index in [1.165, 1.54) is 18.9 Å². The van der Waals surface area contributed by atoms with Crippen molar-refractivity contribution < 1.29 is 29.4 Å². The van der Waals surface area contributed by atoms with E-state index in [-0.39, 0.29) is 33.7 Å². The van der Waals surface area contributed by atoms with Crippen molar-refractivity contribution in [1.29, 1.82) is 0 Å². The highest BCUT2D eigenvalue weighted by atomic mass is 32.2. The van der Waals surface area contributed by atoms with E-state index in [4.69, 9.17) is 5.73 Å². The maximum absolute atomic E-state index is 12.5. The number of hydrogen-bond acceptors (Lipinski definition) is 11. The molecule has 3 heterocycles. The normalized spacial score (nSPS) is 22.2. The third-order valence-electron chi connectivity index (χ3n) is 3.78. The Kier molecular flexibility index (Phi) is 5.29. The summed E-state index contributed by atoms with van der Waals surface area (Å²) in [5, 5.41) is 24.2. The fourth-order valence-corrected chi connectivity index (χ4v) is 4.39. The lowest BCUT2D eigenvalue weighted by atomic mass is 10.0. The lowest BCUT2D eigenvalue weighted by Crippen LogP contribution is -2.71. The van der Waals surface area contributed by atoms with E-state index >= 15 is 0 Å².